The molecule has 2 amide bonds. The Kier molecular flexibility index (Phi) is 5.30. The zero-order valence-electron chi connectivity index (χ0n) is 16.1. The summed E-state index contributed by atoms with van der Waals surface area (Å²) in [6.07, 6.45) is 2.09. The summed E-state index contributed by atoms with van der Waals surface area (Å²) in [5.74, 6) is 0.960. The molecule has 0 saturated carbocycles. The first-order valence-electron chi connectivity index (χ1n) is 9.58. The zero-order valence-corrected chi connectivity index (χ0v) is 16.9. The predicted molar refractivity (Wildman–Crippen MR) is 107 cm³/mol. The third kappa shape index (κ3) is 3.73. The number of piperidine rings is 1. The predicted octanol–water partition coefficient (Wildman–Crippen LogP) is 2.61. The average Bonchev–Trinajstić information content (AvgIpc) is 3.33. The molecular weight excluding hydrogens is 376 g/mol. The van der Waals surface area contributed by atoms with Crippen molar-refractivity contribution in [1.82, 2.24) is 15.1 Å². The van der Waals surface area contributed by atoms with Gasteiger partial charge >= 0.3 is 0 Å². The van der Waals surface area contributed by atoms with Gasteiger partial charge in [0.1, 0.15) is 15.8 Å². The molecule has 4 rings (SSSR count). The molecule has 1 aromatic heterocycles. The summed E-state index contributed by atoms with van der Waals surface area (Å²) >= 11 is 1.64. The Balaban J connectivity index is 1.36. The summed E-state index contributed by atoms with van der Waals surface area (Å²) in [4.78, 5) is 29.1. The number of nitrogens with zero attached hydrogens (tertiary/aromatic N) is 4. The highest BCUT2D eigenvalue weighted by Gasteiger charge is 2.38. The minimum atomic E-state index is -0.269. The van der Waals surface area contributed by atoms with Gasteiger partial charge in [-0.15, -0.1) is 21.5 Å². The van der Waals surface area contributed by atoms with E-state index in [0.29, 0.717) is 12.5 Å². The van der Waals surface area contributed by atoms with Crippen molar-refractivity contribution in [2.24, 2.45) is 5.92 Å². The second-order valence-corrected chi connectivity index (χ2v) is 8.58. The SMILES string of the molecule is COc1ccc(N2CC(C(=O)N3CCC(c4nnc(C)s4)CC3)CC2=O)cc1. The number of aryl methyl sites for hydroxylation is 1. The number of benzene rings is 1. The molecule has 1 aromatic carbocycles. The van der Waals surface area contributed by atoms with Gasteiger partial charge in [-0.2, -0.15) is 0 Å². The Hall–Kier alpha value is -2.48. The van der Waals surface area contributed by atoms with Crippen LogP contribution in [-0.2, 0) is 9.59 Å². The Bertz CT molecular complexity index is 859. The van der Waals surface area contributed by atoms with E-state index in [2.05, 4.69) is 10.2 Å². The molecule has 2 saturated heterocycles. The molecule has 7 nitrogen and oxygen atoms in total. The molecule has 0 aliphatic carbocycles. The van der Waals surface area contributed by atoms with Gasteiger partial charge in [-0.25, -0.2) is 0 Å². The highest BCUT2D eigenvalue weighted by molar-refractivity contribution is 7.11. The van der Waals surface area contributed by atoms with Crippen molar-refractivity contribution in [3.8, 4) is 5.75 Å². The van der Waals surface area contributed by atoms with Gasteiger partial charge in [-0.05, 0) is 44.0 Å². The van der Waals surface area contributed by atoms with Crippen molar-refractivity contribution >= 4 is 28.8 Å². The Morgan fingerprint density at radius 3 is 2.50 bits per heavy atom. The highest BCUT2D eigenvalue weighted by Crippen LogP contribution is 2.32. The van der Waals surface area contributed by atoms with Crippen molar-refractivity contribution in [2.75, 3.05) is 31.6 Å². The van der Waals surface area contributed by atoms with Gasteiger partial charge in [-0.3, -0.25) is 9.59 Å². The fourth-order valence-corrected chi connectivity index (χ4v) is 4.83. The quantitative estimate of drug-likeness (QED) is 0.789. The van der Waals surface area contributed by atoms with E-state index in [1.807, 2.05) is 36.1 Å². The maximum atomic E-state index is 13.0. The molecular formula is C20H24N4O3S. The number of carbonyl (C=O) groups is 2. The van der Waals surface area contributed by atoms with Crippen LogP contribution in [0.3, 0.4) is 0 Å². The minimum Gasteiger partial charge on any atom is -0.497 e. The number of ether oxygens (including phenoxy) is 1. The van der Waals surface area contributed by atoms with Crippen molar-refractivity contribution < 1.29 is 14.3 Å². The Labute approximate surface area is 168 Å². The lowest BCUT2D eigenvalue weighted by atomic mass is 9.96. The van der Waals surface area contributed by atoms with E-state index in [-0.39, 0.29) is 24.2 Å². The van der Waals surface area contributed by atoms with E-state index in [1.165, 1.54) is 0 Å². The first-order chi connectivity index (χ1) is 13.5. The first kappa shape index (κ1) is 18.9. The van der Waals surface area contributed by atoms with Crippen molar-refractivity contribution in [1.29, 1.82) is 0 Å². The number of hydrogen-bond donors (Lipinski definition) is 0. The monoisotopic (exact) mass is 400 g/mol. The number of rotatable bonds is 4. The van der Waals surface area contributed by atoms with Crippen molar-refractivity contribution in [3.63, 3.8) is 0 Å². The highest BCUT2D eigenvalue weighted by atomic mass is 32.1. The molecule has 1 atom stereocenters. The molecule has 0 N–H and O–H groups in total. The number of methoxy groups -OCH3 is 1. The van der Waals surface area contributed by atoms with Gasteiger partial charge in [0.05, 0.1) is 13.0 Å². The van der Waals surface area contributed by atoms with Crippen LogP contribution < -0.4 is 9.64 Å². The molecule has 0 radical (unpaired) electrons. The summed E-state index contributed by atoms with van der Waals surface area (Å²) in [6, 6.07) is 7.38. The molecule has 3 heterocycles. The van der Waals surface area contributed by atoms with Crippen LogP contribution in [0.2, 0.25) is 0 Å². The van der Waals surface area contributed by atoms with Gasteiger partial charge in [0, 0.05) is 37.7 Å². The van der Waals surface area contributed by atoms with Gasteiger partial charge < -0.3 is 14.5 Å². The normalized spacial score (nSPS) is 20.6. The number of carbonyl (C=O) groups excluding carboxylic acids is 2. The lowest BCUT2D eigenvalue weighted by Crippen LogP contribution is -2.42. The summed E-state index contributed by atoms with van der Waals surface area (Å²) in [6.45, 7) is 3.84. The second-order valence-electron chi connectivity index (χ2n) is 7.36. The summed E-state index contributed by atoms with van der Waals surface area (Å²) < 4.78 is 5.17. The van der Waals surface area contributed by atoms with E-state index in [9.17, 15) is 9.59 Å². The number of amides is 2. The molecule has 148 valence electrons. The standard InChI is InChI=1S/C20H24N4O3S/c1-13-21-22-19(28-13)14-7-9-23(10-8-14)20(26)15-11-18(25)24(12-15)16-3-5-17(27-2)6-4-16/h3-6,14-15H,7-12H2,1-2H3. The van der Waals surface area contributed by atoms with Gasteiger partial charge in [0.2, 0.25) is 11.8 Å². The largest absolute Gasteiger partial charge is 0.497 e. The van der Waals surface area contributed by atoms with E-state index >= 15 is 0 Å². The van der Waals surface area contributed by atoms with Crippen LogP contribution >= 0.6 is 11.3 Å². The summed E-state index contributed by atoms with van der Waals surface area (Å²) in [7, 11) is 1.61. The molecule has 8 heteroatoms. The van der Waals surface area contributed by atoms with Crippen LogP contribution in [0.4, 0.5) is 5.69 Å². The third-order valence-corrected chi connectivity index (χ3v) is 6.56. The lowest BCUT2D eigenvalue weighted by molar-refractivity contribution is -0.136. The van der Waals surface area contributed by atoms with Crippen molar-refractivity contribution in [2.45, 2.75) is 32.1 Å². The molecule has 2 aliphatic heterocycles. The summed E-state index contributed by atoms with van der Waals surface area (Å²) in [5, 5.41) is 10.4. The number of aromatic nitrogens is 2. The maximum Gasteiger partial charge on any atom is 0.228 e. The first-order valence-corrected chi connectivity index (χ1v) is 10.4. The molecule has 2 fully saturated rings. The molecule has 0 spiro atoms. The maximum absolute atomic E-state index is 13.0. The Morgan fingerprint density at radius 2 is 1.89 bits per heavy atom. The lowest BCUT2D eigenvalue weighted by Gasteiger charge is -2.32. The number of anilines is 1. The number of hydrogen-bond acceptors (Lipinski definition) is 6. The molecule has 28 heavy (non-hydrogen) atoms. The smallest absolute Gasteiger partial charge is 0.228 e. The van der Waals surface area contributed by atoms with Crippen LogP contribution in [0.15, 0.2) is 24.3 Å². The fraction of sp³-hybridized carbons (Fsp3) is 0.500. The molecule has 0 bridgehead atoms. The van der Waals surface area contributed by atoms with Crippen LogP contribution in [0, 0.1) is 12.8 Å². The molecule has 2 aromatic rings. The van der Waals surface area contributed by atoms with Crippen molar-refractivity contribution in [3.05, 3.63) is 34.3 Å². The van der Waals surface area contributed by atoms with E-state index in [4.69, 9.17) is 4.74 Å². The number of likely N-dealkylation sites (tertiary alicyclic amines) is 1. The fourth-order valence-electron chi connectivity index (χ4n) is 3.97. The topological polar surface area (TPSA) is 75.6 Å². The van der Waals surface area contributed by atoms with E-state index in [0.717, 1.165) is 47.4 Å². The van der Waals surface area contributed by atoms with Gasteiger partial charge in [0.25, 0.3) is 0 Å². The molecule has 2 aliphatic rings. The van der Waals surface area contributed by atoms with Crippen LogP contribution in [-0.4, -0.2) is 53.7 Å². The summed E-state index contributed by atoms with van der Waals surface area (Å²) in [5.41, 5.74) is 0.812. The van der Waals surface area contributed by atoms with E-state index < -0.39 is 0 Å². The van der Waals surface area contributed by atoms with Gasteiger partial charge in [-0.1, -0.05) is 0 Å². The molecule has 1 unspecified atom stereocenters. The average molecular weight is 401 g/mol. The van der Waals surface area contributed by atoms with Crippen LogP contribution in [0.5, 0.6) is 5.75 Å². The third-order valence-electron chi connectivity index (χ3n) is 5.56. The minimum absolute atomic E-state index is 0.00254. The zero-order chi connectivity index (χ0) is 19.7. The second kappa shape index (κ2) is 7.87. The van der Waals surface area contributed by atoms with Crippen LogP contribution in [0.25, 0.3) is 0 Å². The van der Waals surface area contributed by atoms with Crippen LogP contribution in [0.1, 0.15) is 35.2 Å². The van der Waals surface area contributed by atoms with Gasteiger partial charge in [0.15, 0.2) is 0 Å². The van der Waals surface area contributed by atoms with E-state index in [1.54, 1.807) is 23.3 Å². The Morgan fingerprint density at radius 1 is 1.18 bits per heavy atom.